The first-order valence-electron chi connectivity index (χ1n) is 27.5. The quantitative estimate of drug-likeness (QED) is 0.0432. The lowest BCUT2D eigenvalue weighted by molar-refractivity contribution is -0.135. The van der Waals surface area contributed by atoms with Gasteiger partial charge in [0, 0.05) is 65.3 Å². The zero-order valence-corrected chi connectivity index (χ0v) is 49.0. The Morgan fingerprint density at radius 1 is 0.699 bits per heavy atom. The molecule has 14 N–H and O–H groups in total. The molecule has 4 aromatic carbocycles. The number of hydrogen-bond donors (Lipinski definition) is 11. The van der Waals surface area contributed by atoms with E-state index in [0.29, 0.717) is 46.7 Å². The Hall–Kier alpha value is -7.50. The molecule has 20 nitrogen and oxygen atoms in total. The van der Waals surface area contributed by atoms with Gasteiger partial charge in [0.05, 0.1) is 6.04 Å². The number of benzene rings is 4. The van der Waals surface area contributed by atoms with E-state index in [-0.39, 0.29) is 50.0 Å². The Balaban J connectivity index is 1.26. The number of para-hydroxylation sites is 1. The number of rotatable bonds is 18. The average Bonchev–Trinajstić information content (AvgIpc) is 4.18. The fourth-order valence-corrected chi connectivity index (χ4v) is 12.0. The van der Waals surface area contributed by atoms with E-state index in [4.69, 9.17) is 28.8 Å². The number of H-pyrrole nitrogens is 1. The number of carbonyl (C=O) groups excluding carboxylic acids is 8. The van der Waals surface area contributed by atoms with Crippen LogP contribution in [0.15, 0.2) is 122 Å². The van der Waals surface area contributed by atoms with Gasteiger partial charge in [0.2, 0.25) is 47.3 Å². The van der Waals surface area contributed by atoms with Crippen molar-refractivity contribution in [2.24, 2.45) is 22.6 Å². The summed E-state index contributed by atoms with van der Waals surface area (Å²) in [5.41, 5.74) is 21.1. The van der Waals surface area contributed by atoms with Crippen LogP contribution in [0.2, 0.25) is 5.02 Å². The number of primary amides is 1. The zero-order chi connectivity index (χ0) is 59.6. The Labute approximate surface area is 495 Å². The first-order chi connectivity index (χ1) is 39.7. The van der Waals surface area contributed by atoms with E-state index in [9.17, 15) is 38.4 Å². The van der Waals surface area contributed by atoms with Crippen LogP contribution < -0.4 is 54.4 Å². The number of nitrogens with zero attached hydrogens (tertiary/aromatic N) is 1. The number of fused-ring (bicyclic) bond motifs is 2. The molecule has 2 aromatic heterocycles. The summed E-state index contributed by atoms with van der Waals surface area (Å²) in [5.74, 6) is -6.36. The second kappa shape index (κ2) is 30.2. The topological polar surface area (TPSA) is 328 Å². The van der Waals surface area contributed by atoms with Crippen molar-refractivity contribution in [3.8, 4) is 0 Å². The lowest BCUT2D eigenvalue weighted by Crippen LogP contribution is -2.61. The molecule has 1 fully saturated rings. The van der Waals surface area contributed by atoms with Crippen LogP contribution in [0.3, 0.4) is 0 Å². The Bertz CT molecular complexity index is 3240. The molecular weight excluding hydrogens is 1120 g/mol. The maximum Gasteiger partial charge on any atom is 0.244 e. The largest absolute Gasteiger partial charge is 0.368 e. The van der Waals surface area contributed by atoms with Gasteiger partial charge in [-0.15, -0.1) is 0 Å². The second-order valence-electron chi connectivity index (χ2n) is 21.9. The molecule has 7 rings (SSSR count). The fraction of sp³-hybridized carbons (Fsp3) is 0.383. The number of nitrogens with two attached hydrogens (primary N) is 3. The molecule has 1 aliphatic rings. The van der Waals surface area contributed by atoms with Gasteiger partial charge < -0.3 is 59.4 Å². The van der Waals surface area contributed by atoms with Gasteiger partial charge in [0.25, 0.3) is 0 Å². The van der Waals surface area contributed by atoms with Gasteiger partial charge >= 0.3 is 0 Å². The predicted molar refractivity (Wildman–Crippen MR) is 325 cm³/mol. The Morgan fingerprint density at radius 3 is 2.05 bits per heavy atom. The smallest absolute Gasteiger partial charge is 0.244 e. The minimum atomic E-state index is -1.38. The molecule has 83 heavy (non-hydrogen) atoms. The van der Waals surface area contributed by atoms with Gasteiger partial charge in [-0.2, -0.15) is 0 Å². The maximum atomic E-state index is 14.9. The number of nitrogens with one attached hydrogen (secondary N) is 8. The van der Waals surface area contributed by atoms with Crippen molar-refractivity contribution < 1.29 is 38.4 Å². The SMILES string of the molecule is CC(C)(C)C[C@@H]1NC(=O)[C@H](CCCCN)NC(=O)[C@@H](Cc2c[nH]c3ccccc23)NC(=O)[C@H](Cc2cccnc2)NC(=O)[C@@H](NC(=O)[C@@H](N)Cc2ccc(Cl)cc2)CSSC[C@@H](C(=O)N[C@@H](Cc2ccc3ccccc3c2)C(N)=O)NC1=O. The van der Waals surface area contributed by atoms with Crippen LogP contribution in [0, 0.1) is 5.41 Å². The number of aromatic amines is 1. The molecule has 1 saturated heterocycles. The Morgan fingerprint density at radius 2 is 1.34 bits per heavy atom. The molecule has 440 valence electrons. The summed E-state index contributed by atoms with van der Waals surface area (Å²) in [7, 11) is 2.15. The van der Waals surface area contributed by atoms with E-state index in [2.05, 4.69) is 47.2 Å². The lowest BCUT2D eigenvalue weighted by atomic mass is 9.87. The molecule has 0 unspecified atom stereocenters. The van der Waals surface area contributed by atoms with Gasteiger partial charge in [-0.1, -0.05) is 133 Å². The summed E-state index contributed by atoms with van der Waals surface area (Å²) in [6, 6.07) is 20.5. The van der Waals surface area contributed by atoms with Crippen LogP contribution in [0.4, 0.5) is 0 Å². The first-order valence-corrected chi connectivity index (χ1v) is 30.4. The average molecular weight is 1190 g/mol. The first kappa shape index (κ1) is 63.1. The van der Waals surface area contributed by atoms with Gasteiger partial charge in [-0.25, -0.2) is 0 Å². The van der Waals surface area contributed by atoms with Crippen LogP contribution >= 0.6 is 33.2 Å². The zero-order valence-electron chi connectivity index (χ0n) is 46.6. The number of pyridine rings is 1. The number of hydrogen-bond acceptors (Lipinski definition) is 13. The molecule has 3 heterocycles. The van der Waals surface area contributed by atoms with Crippen LogP contribution in [0.25, 0.3) is 21.7 Å². The third-order valence-electron chi connectivity index (χ3n) is 14.0. The van der Waals surface area contributed by atoms with E-state index in [1.54, 1.807) is 48.8 Å². The van der Waals surface area contributed by atoms with Crippen molar-refractivity contribution in [1.82, 2.24) is 47.2 Å². The molecule has 8 atom stereocenters. The second-order valence-corrected chi connectivity index (χ2v) is 24.9. The summed E-state index contributed by atoms with van der Waals surface area (Å²) in [6.45, 7) is 5.92. The minimum Gasteiger partial charge on any atom is -0.368 e. The van der Waals surface area contributed by atoms with Gasteiger partial charge in [0.1, 0.15) is 42.3 Å². The van der Waals surface area contributed by atoms with Crippen molar-refractivity contribution in [2.45, 2.75) is 120 Å². The van der Waals surface area contributed by atoms with Crippen molar-refractivity contribution in [2.75, 3.05) is 18.1 Å². The standard InChI is InChI=1S/C60H73ClN12O8S2/c1-60(2,3)30-49-57(79)73-51(58(80)68-46(52(64)74)27-36-17-20-38-12-4-5-13-39(38)25-36)34-83-82-33-50(72-53(75)43(63)26-35-18-21-41(61)22-19-35)59(81)69-47(28-37-11-10-24-65-31-37)55(77)70-48(29-40-32-66-44-15-7-6-14-42(40)44)56(78)67-45(54(76)71-49)16-8-9-23-62/h4-7,10-15,17-22,24-25,31-32,43,45-51,66H,8-9,16,23,26-30,33-34,62-63H2,1-3H3,(H2,64,74)(H,67,78)(H,68,80)(H,69,81)(H,70,77)(H,71,76)(H,72,75)(H,73,79)/t43-,45-,46-,47-,48+,49-,50-,51-/m0/s1. The van der Waals surface area contributed by atoms with Gasteiger partial charge in [-0.05, 0) is 101 Å². The summed E-state index contributed by atoms with van der Waals surface area (Å²) in [6.07, 6.45) is 5.80. The summed E-state index contributed by atoms with van der Waals surface area (Å²) in [5, 5.41) is 23.0. The third kappa shape index (κ3) is 19.0. The summed E-state index contributed by atoms with van der Waals surface area (Å²) < 4.78 is 0. The van der Waals surface area contributed by atoms with Crippen LogP contribution in [0.1, 0.15) is 68.7 Å². The highest BCUT2D eigenvalue weighted by atomic mass is 35.5. The van der Waals surface area contributed by atoms with Crippen LogP contribution in [-0.2, 0) is 64.0 Å². The van der Waals surface area contributed by atoms with E-state index >= 15 is 0 Å². The monoisotopic (exact) mass is 1190 g/mol. The molecule has 0 spiro atoms. The molecule has 8 amide bonds. The molecule has 0 aliphatic carbocycles. The van der Waals surface area contributed by atoms with E-state index in [1.165, 1.54) is 6.20 Å². The number of aromatic nitrogens is 2. The van der Waals surface area contributed by atoms with Crippen LogP contribution in [0.5, 0.6) is 0 Å². The molecule has 1 aliphatic heterocycles. The van der Waals surface area contributed by atoms with Gasteiger partial charge in [-0.3, -0.25) is 43.3 Å². The maximum absolute atomic E-state index is 14.9. The van der Waals surface area contributed by atoms with Crippen molar-refractivity contribution in [3.63, 3.8) is 0 Å². The van der Waals surface area contributed by atoms with Gasteiger partial charge in [0.15, 0.2) is 0 Å². The van der Waals surface area contributed by atoms with Crippen molar-refractivity contribution in [1.29, 1.82) is 0 Å². The Kier molecular flexibility index (Phi) is 22.9. The number of amides is 8. The highest BCUT2D eigenvalue weighted by Crippen LogP contribution is 2.26. The fourth-order valence-electron chi connectivity index (χ4n) is 9.58. The molecule has 6 aromatic rings. The highest BCUT2D eigenvalue weighted by molar-refractivity contribution is 8.76. The molecule has 0 bridgehead atoms. The van der Waals surface area contributed by atoms with Crippen molar-refractivity contribution >= 4 is 102 Å². The van der Waals surface area contributed by atoms with Crippen molar-refractivity contribution in [3.05, 3.63) is 149 Å². The normalized spacial score (nSPS) is 20.6. The van der Waals surface area contributed by atoms with Crippen LogP contribution in [-0.4, -0.2) is 124 Å². The lowest BCUT2D eigenvalue weighted by Gasteiger charge is -2.30. The molecular formula is C60H73ClN12O8S2. The molecule has 0 radical (unpaired) electrons. The third-order valence-corrected chi connectivity index (χ3v) is 16.7. The molecule has 23 heteroatoms. The van der Waals surface area contributed by atoms with E-state index < -0.39 is 101 Å². The number of unbranched alkanes of at least 4 members (excludes halogenated alkanes) is 1. The minimum absolute atomic E-state index is 0.0214. The van der Waals surface area contributed by atoms with E-state index in [1.807, 2.05) is 87.5 Å². The number of carbonyl (C=O) groups is 8. The van der Waals surface area contributed by atoms with E-state index in [0.717, 1.165) is 43.3 Å². The highest BCUT2D eigenvalue weighted by Gasteiger charge is 2.37. The molecule has 0 saturated carbocycles. The summed E-state index contributed by atoms with van der Waals surface area (Å²) in [4.78, 5) is 123. The number of halogens is 1. The summed E-state index contributed by atoms with van der Waals surface area (Å²) >= 11 is 6.12. The predicted octanol–water partition coefficient (Wildman–Crippen LogP) is 3.81.